The monoisotopic (exact) mass is 392 g/mol. The number of methoxy groups -OCH3 is 2. The molecule has 2 saturated carbocycles. The molecule has 3 nitrogen and oxygen atoms in total. The lowest BCUT2D eigenvalue weighted by Crippen LogP contribution is -2.63. The van der Waals surface area contributed by atoms with Gasteiger partial charge in [-0.25, -0.2) is 0 Å². The highest BCUT2D eigenvalue weighted by molar-refractivity contribution is 7.85. The van der Waals surface area contributed by atoms with Crippen LogP contribution in [0.4, 0.5) is 0 Å². The van der Waals surface area contributed by atoms with Gasteiger partial charge in [-0.05, 0) is 59.8 Å². The molecule has 152 valence electrons. The second-order valence-corrected chi connectivity index (χ2v) is 12.2. The zero-order chi connectivity index (χ0) is 19.6. The molecule has 0 spiro atoms. The van der Waals surface area contributed by atoms with Crippen molar-refractivity contribution in [2.24, 2.45) is 34.0 Å². The zero-order valence-electron chi connectivity index (χ0n) is 17.8. The molecule has 4 unspecified atom stereocenters. The normalized spacial score (nSPS) is 48.3. The molecule has 1 heterocycles. The van der Waals surface area contributed by atoms with E-state index in [9.17, 15) is 4.21 Å². The van der Waals surface area contributed by atoms with Crippen LogP contribution in [0.15, 0.2) is 23.7 Å². The average Bonchev–Trinajstić information content (AvgIpc) is 2.62. The van der Waals surface area contributed by atoms with Crippen LogP contribution in [0.1, 0.15) is 59.8 Å². The first-order valence-electron chi connectivity index (χ1n) is 10.6. The van der Waals surface area contributed by atoms with E-state index in [1.807, 2.05) is 6.08 Å². The summed E-state index contributed by atoms with van der Waals surface area (Å²) in [7, 11) is 2.55. The van der Waals surface area contributed by atoms with Gasteiger partial charge in [-0.1, -0.05) is 34.1 Å². The summed E-state index contributed by atoms with van der Waals surface area (Å²) in [5.74, 6) is 4.00. The van der Waals surface area contributed by atoms with Gasteiger partial charge in [0.15, 0.2) is 0 Å². The number of allylic oxidation sites excluding steroid dienone is 2. The molecule has 0 radical (unpaired) electrons. The Labute approximate surface area is 167 Å². The molecular weight excluding hydrogens is 356 g/mol. The minimum Gasteiger partial charge on any atom is -0.501 e. The summed E-state index contributed by atoms with van der Waals surface area (Å²) in [6.45, 7) is 9.92. The predicted molar refractivity (Wildman–Crippen MR) is 111 cm³/mol. The summed E-state index contributed by atoms with van der Waals surface area (Å²) >= 11 is 0. The van der Waals surface area contributed by atoms with Crippen LogP contribution in [0.25, 0.3) is 0 Å². The van der Waals surface area contributed by atoms with Crippen LogP contribution in [0.5, 0.6) is 0 Å². The Hall–Kier alpha value is -0.770. The second-order valence-electron chi connectivity index (χ2n) is 10.5. The van der Waals surface area contributed by atoms with Crippen LogP contribution < -0.4 is 0 Å². The maximum absolute atomic E-state index is 13.5. The predicted octanol–water partition coefficient (Wildman–Crippen LogP) is 5.06. The zero-order valence-corrected chi connectivity index (χ0v) is 18.7. The van der Waals surface area contributed by atoms with Crippen molar-refractivity contribution < 1.29 is 13.7 Å². The van der Waals surface area contributed by atoms with Crippen molar-refractivity contribution in [3.05, 3.63) is 23.7 Å². The molecule has 1 saturated heterocycles. The molecule has 0 aromatic carbocycles. The molecule has 0 aromatic heterocycles. The Bertz CT molecular complexity index is 708. The number of hydrogen-bond acceptors (Lipinski definition) is 3. The van der Waals surface area contributed by atoms with Crippen molar-refractivity contribution >= 4 is 10.8 Å². The Balaban J connectivity index is 1.79. The molecule has 4 heteroatoms. The van der Waals surface area contributed by atoms with Crippen LogP contribution in [0, 0.1) is 34.0 Å². The molecule has 3 aliphatic carbocycles. The van der Waals surface area contributed by atoms with Crippen molar-refractivity contribution in [1.29, 1.82) is 0 Å². The fourth-order valence-electron chi connectivity index (χ4n) is 7.65. The fourth-order valence-corrected chi connectivity index (χ4v) is 10.0. The average molecular weight is 393 g/mol. The van der Waals surface area contributed by atoms with Gasteiger partial charge < -0.3 is 9.47 Å². The molecule has 3 fully saturated rings. The van der Waals surface area contributed by atoms with Gasteiger partial charge in [-0.15, -0.1) is 0 Å². The first-order chi connectivity index (χ1) is 12.7. The highest BCUT2D eigenvalue weighted by Crippen LogP contribution is 2.68. The molecule has 1 aliphatic heterocycles. The molecule has 0 bridgehead atoms. The van der Waals surface area contributed by atoms with Crippen LogP contribution in [-0.4, -0.2) is 29.4 Å². The summed E-state index contributed by atoms with van der Waals surface area (Å²) in [6.07, 6.45) is 10.5. The minimum absolute atomic E-state index is 0.0119. The van der Waals surface area contributed by atoms with E-state index in [-0.39, 0.29) is 22.0 Å². The third kappa shape index (κ3) is 2.68. The molecule has 0 N–H and O–H groups in total. The van der Waals surface area contributed by atoms with Gasteiger partial charge in [0, 0.05) is 28.5 Å². The van der Waals surface area contributed by atoms with Crippen LogP contribution in [0.2, 0.25) is 0 Å². The largest absolute Gasteiger partial charge is 0.501 e. The Morgan fingerprint density at radius 2 is 1.74 bits per heavy atom. The standard InChI is InChI=1S/C23H36O3S/c1-21(2)9-7-10-22(3)18(21)8-11-23(4)19(22)14-27(24)17-13-15(25-5)12-16(26-6)20(17)23/h12-13,17-20H,7-11,14H2,1-6H3/t17?,18-,19?,20?,22-,23+,27?/m0/s1. The van der Waals surface area contributed by atoms with Crippen molar-refractivity contribution in [2.45, 2.75) is 65.0 Å². The first kappa shape index (κ1) is 19.5. The summed E-state index contributed by atoms with van der Waals surface area (Å²) < 4.78 is 24.8. The summed E-state index contributed by atoms with van der Waals surface area (Å²) in [4.78, 5) is 0. The van der Waals surface area contributed by atoms with Gasteiger partial charge in [0.1, 0.15) is 11.5 Å². The molecule has 4 aliphatic rings. The van der Waals surface area contributed by atoms with Crippen LogP contribution in [-0.2, 0) is 20.3 Å². The van der Waals surface area contributed by atoms with Gasteiger partial charge in [-0.3, -0.25) is 4.21 Å². The number of ether oxygens (including phenoxy) is 2. The van der Waals surface area contributed by atoms with E-state index in [1.165, 1.54) is 32.1 Å². The van der Waals surface area contributed by atoms with E-state index >= 15 is 0 Å². The number of hydrogen-bond donors (Lipinski definition) is 0. The van der Waals surface area contributed by atoms with Gasteiger partial charge in [0.25, 0.3) is 0 Å². The van der Waals surface area contributed by atoms with Gasteiger partial charge >= 0.3 is 0 Å². The molecular formula is C23H36O3S. The van der Waals surface area contributed by atoms with E-state index < -0.39 is 10.8 Å². The van der Waals surface area contributed by atoms with Crippen molar-refractivity contribution in [1.82, 2.24) is 0 Å². The van der Waals surface area contributed by atoms with Crippen LogP contribution >= 0.6 is 0 Å². The first-order valence-corrected chi connectivity index (χ1v) is 11.9. The van der Waals surface area contributed by atoms with Gasteiger partial charge in [0.05, 0.1) is 19.5 Å². The summed E-state index contributed by atoms with van der Waals surface area (Å²) in [5, 5.41) is 0.0119. The summed E-state index contributed by atoms with van der Waals surface area (Å²) in [5.41, 5.74) is 0.802. The lowest BCUT2D eigenvalue weighted by Gasteiger charge is -2.66. The van der Waals surface area contributed by atoms with Crippen molar-refractivity contribution in [3.8, 4) is 0 Å². The van der Waals surface area contributed by atoms with Gasteiger partial charge in [0.2, 0.25) is 0 Å². The van der Waals surface area contributed by atoms with Crippen molar-refractivity contribution in [2.75, 3.05) is 20.0 Å². The third-order valence-electron chi connectivity index (χ3n) is 8.90. The molecule has 0 amide bonds. The molecule has 0 aromatic rings. The summed E-state index contributed by atoms with van der Waals surface area (Å²) in [6, 6.07) is 0. The Morgan fingerprint density at radius 1 is 1.00 bits per heavy atom. The Morgan fingerprint density at radius 3 is 2.41 bits per heavy atom. The highest BCUT2D eigenvalue weighted by atomic mass is 32.2. The SMILES string of the molecule is COC1=CC2C(C(OC)=C1)[C@]1(C)CC[C@H]3C(C)(C)CCC[C@]3(C)C1CS2=O. The molecule has 7 atom stereocenters. The van der Waals surface area contributed by atoms with E-state index in [1.54, 1.807) is 14.2 Å². The van der Waals surface area contributed by atoms with E-state index in [0.717, 1.165) is 23.2 Å². The number of rotatable bonds is 2. The fraction of sp³-hybridized carbons (Fsp3) is 0.826. The maximum Gasteiger partial charge on any atom is 0.119 e. The van der Waals surface area contributed by atoms with Gasteiger partial charge in [-0.2, -0.15) is 0 Å². The molecule has 4 rings (SSSR count). The highest BCUT2D eigenvalue weighted by Gasteiger charge is 2.64. The lowest BCUT2D eigenvalue weighted by atomic mass is 9.41. The smallest absolute Gasteiger partial charge is 0.119 e. The second kappa shape index (κ2) is 6.37. The molecule has 27 heavy (non-hydrogen) atoms. The topological polar surface area (TPSA) is 35.5 Å². The van der Waals surface area contributed by atoms with E-state index in [4.69, 9.17) is 9.47 Å². The van der Waals surface area contributed by atoms with Crippen LogP contribution in [0.3, 0.4) is 0 Å². The maximum atomic E-state index is 13.5. The minimum atomic E-state index is -0.889. The lowest BCUT2D eigenvalue weighted by molar-refractivity contribution is -0.140. The number of fused-ring (bicyclic) bond motifs is 5. The third-order valence-corrected chi connectivity index (χ3v) is 10.6. The Kier molecular flexibility index (Phi) is 4.61. The van der Waals surface area contributed by atoms with E-state index in [0.29, 0.717) is 11.3 Å². The van der Waals surface area contributed by atoms with E-state index in [2.05, 4.69) is 33.8 Å². The quantitative estimate of drug-likeness (QED) is 0.659. The van der Waals surface area contributed by atoms with Crippen molar-refractivity contribution in [3.63, 3.8) is 0 Å².